The smallest absolute Gasteiger partial charge is 0.0611 e. The summed E-state index contributed by atoms with van der Waals surface area (Å²) < 4.78 is 5.80. The molecule has 3 heteroatoms. The van der Waals surface area contributed by atoms with Crippen LogP contribution in [0.1, 0.15) is 47.0 Å². The van der Waals surface area contributed by atoms with Crippen LogP contribution in [0, 0.1) is 5.92 Å². The molecule has 0 aliphatic carbocycles. The van der Waals surface area contributed by atoms with E-state index in [9.17, 15) is 5.11 Å². The van der Waals surface area contributed by atoms with Gasteiger partial charge in [-0.25, -0.2) is 0 Å². The van der Waals surface area contributed by atoms with E-state index in [2.05, 4.69) is 26.1 Å². The zero-order valence-electron chi connectivity index (χ0n) is 11.5. The quantitative estimate of drug-likeness (QED) is 0.639. The van der Waals surface area contributed by atoms with Gasteiger partial charge in [0, 0.05) is 12.1 Å². The molecule has 0 aliphatic heterocycles. The summed E-state index contributed by atoms with van der Waals surface area (Å²) in [6, 6.07) is 0. The lowest BCUT2D eigenvalue weighted by atomic mass is 9.96. The number of nitrogens with one attached hydrogen (secondary N) is 1. The van der Waals surface area contributed by atoms with E-state index < -0.39 is 0 Å². The van der Waals surface area contributed by atoms with Gasteiger partial charge in [-0.05, 0) is 39.7 Å². The molecule has 0 bridgehead atoms. The van der Waals surface area contributed by atoms with E-state index in [1.807, 2.05) is 14.0 Å². The third-order valence-corrected chi connectivity index (χ3v) is 3.14. The first-order chi connectivity index (χ1) is 7.47. The third kappa shape index (κ3) is 6.46. The van der Waals surface area contributed by atoms with Gasteiger partial charge in [0.2, 0.25) is 0 Å². The first-order valence-electron chi connectivity index (χ1n) is 6.38. The number of ether oxygens (including phenoxy) is 1. The van der Waals surface area contributed by atoms with Gasteiger partial charge in [-0.15, -0.1) is 0 Å². The zero-order chi connectivity index (χ0) is 12.6. The summed E-state index contributed by atoms with van der Waals surface area (Å²) in [4.78, 5) is 0. The monoisotopic (exact) mass is 231 g/mol. The molecule has 3 unspecified atom stereocenters. The van der Waals surface area contributed by atoms with Crippen molar-refractivity contribution < 1.29 is 9.84 Å². The van der Waals surface area contributed by atoms with Gasteiger partial charge >= 0.3 is 0 Å². The van der Waals surface area contributed by atoms with E-state index in [0.717, 1.165) is 13.0 Å². The molecule has 0 radical (unpaired) electrons. The Balaban J connectivity index is 3.85. The zero-order valence-corrected chi connectivity index (χ0v) is 11.5. The number of likely N-dealkylation sites (N-methyl/N-ethyl adjacent to an activating group) is 1. The van der Waals surface area contributed by atoms with Crippen LogP contribution in [0.15, 0.2) is 0 Å². The maximum atomic E-state index is 9.28. The van der Waals surface area contributed by atoms with Crippen molar-refractivity contribution in [3.63, 3.8) is 0 Å². The van der Waals surface area contributed by atoms with Crippen LogP contribution in [0.2, 0.25) is 0 Å². The van der Waals surface area contributed by atoms with Gasteiger partial charge in [0.1, 0.15) is 0 Å². The minimum absolute atomic E-state index is 0.141. The van der Waals surface area contributed by atoms with Gasteiger partial charge in [-0.3, -0.25) is 0 Å². The number of hydrogen-bond donors (Lipinski definition) is 2. The molecule has 0 aliphatic rings. The van der Waals surface area contributed by atoms with Crippen LogP contribution < -0.4 is 5.32 Å². The van der Waals surface area contributed by atoms with E-state index >= 15 is 0 Å². The van der Waals surface area contributed by atoms with Crippen LogP contribution >= 0.6 is 0 Å². The molecule has 0 amide bonds. The third-order valence-electron chi connectivity index (χ3n) is 3.14. The van der Waals surface area contributed by atoms with Crippen LogP contribution in [0.25, 0.3) is 0 Å². The van der Waals surface area contributed by atoms with Gasteiger partial charge in [0.05, 0.1) is 12.7 Å². The molecule has 16 heavy (non-hydrogen) atoms. The second-order valence-corrected chi connectivity index (χ2v) is 5.21. The van der Waals surface area contributed by atoms with Crippen LogP contribution in [-0.4, -0.2) is 37.0 Å². The van der Waals surface area contributed by atoms with Crippen molar-refractivity contribution in [2.45, 2.75) is 58.6 Å². The van der Waals surface area contributed by atoms with Gasteiger partial charge in [0.15, 0.2) is 0 Å². The van der Waals surface area contributed by atoms with E-state index in [1.165, 1.54) is 12.8 Å². The lowest BCUT2D eigenvalue weighted by molar-refractivity contribution is 0.0128. The highest BCUT2D eigenvalue weighted by Crippen LogP contribution is 2.15. The van der Waals surface area contributed by atoms with Crippen molar-refractivity contribution in [2.24, 2.45) is 5.92 Å². The Bertz CT molecular complexity index is 169. The molecule has 3 nitrogen and oxygen atoms in total. The lowest BCUT2D eigenvalue weighted by Gasteiger charge is -2.30. The van der Waals surface area contributed by atoms with Crippen molar-refractivity contribution in [3.05, 3.63) is 0 Å². The second kappa shape index (κ2) is 8.04. The Morgan fingerprint density at radius 2 is 2.00 bits per heavy atom. The van der Waals surface area contributed by atoms with Crippen molar-refractivity contribution in [1.29, 1.82) is 0 Å². The Labute approximate surface area is 101 Å². The Morgan fingerprint density at radius 3 is 2.44 bits per heavy atom. The standard InChI is InChI=1S/C13H29NO2/c1-6-7-11(2)9-16-12(3)8-13(4,10-15)14-5/h11-12,14-15H,6-10H2,1-5H3. The Hall–Kier alpha value is -0.120. The summed E-state index contributed by atoms with van der Waals surface area (Å²) in [5, 5.41) is 12.4. The predicted octanol–water partition coefficient (Wildman–Crippen LogP) is 2.19. The summed E-state index contributed by atoms with van der Waals surface area (Å²) in [6.07, 6.45) is 3.45. The van der Waals surface area contributed by atoms with E-state index in [0.29, 0.717) is 5.92 Å². The number of aliphatic hydroxyl groups excluding tert-OH is 1. The highest BCUT2D eigenvalue weighted by Gasteiger charge is 2.24. The molecule has 0 aromatic heterocycles. The normalized spacial score (nSPS) is 19.1. The highest BCUT2D eigenvalue weighted by molar-refractivity contribution is 4.82. The molecule has 3 atom stereocenters. The summed E-state index contributed by atoms with van der Waals surface area (Å²) in [5.74, 6) is 0.627. The van der Waals surface area contributed by atoms with Crippen LogP contribution in [-0.2, 0) is 4.74 Å². The van der Waals surface area contributed by atoms with Gasteiger partial charge in [0.25, 0.3) is 0 Å². The summed E-state index contributed by atoms with van der Waals surface area (Å²) in [6.45, 7) is 9.47. The molecule has 2 N–H and O–H groups in total. The maximum Gasteiger partial charge on any atom is 0.0611 e. The fourth-order valence-corrected chi connectivity index (χ4v) is 1.84. The minimum atomic E-state index is -0.229. The first kappa shape index (κ1) is 15.9. The van der Waals surface area contributed by atoms with Crippen molar-refractivity contribution in [3.8, 4) is 0 Å². The lowest BCUT2D eigenvalue weighted by Crippen LogP contribution is -2.46. The van der Waals surface area contributed by atoms with E-state index in [-0.39, 0.29) is 18.2 Å². The number of rotatable bonds is 9. The molecule has 0 aromatic rings. The Kier molecular flexibility index (Phi) is 7.98. The topological polar surface area (TPSA) is 41.5 Å². The molecule has 0 saturated carbocycles. The molecule has 0 fully saturated rings. The van der Waals surface area contributed by atoms with Gasteiger partial charge in [-0.2, -0.15) is 0 Å². The van der Waals surface area contributed by atoms with Crippen LogP contribution in [0.4, 0.5) is 0 Å². The van der Waals surface area contributed by atoms with E-state index in [4.69, 9.17) is 4.74 Å². The molecule has 98 valence electrons. The van der Waals surface area contributed by atoms with Gasteiger partial charge in [-0.1, -0.05) is 20.3 Å². The summed E-state index contributed by atoms with van der Waals surface area (Å²) >= 11 is 0. The largest absolute Gasteiger partial charge is 0.394 e. The summed E-state index contributed by atoms with van der Waals surface area (Å²) in [7, 11) is 1.88. The van der Waals surface area contributed by atoms with Crippen molar-refractivity contribution in [1.82, 2.24) is 5.32 Å². The molecule has 0 rings (SSSR count). The molecule has 0 aromatic carbocycles. The van der Waals surface area contributed by atoms with E-state index in [1.54, 1.807) is 0 Å². The van der Waals surface area contributed by atoms with Crippen LogP contribution in [0.3, 0.4) is 0 Å². The SMILES string of the molecule is CCCC(C)COC(C)CC(C)(CO)NC. The average Bonchev–Trinajstić information content (AvgIpc) is 2.26. The Morgan fingerprint density at radius 1 is 1.38 bits per heavy atom. The van der Waals surface area contributed by atoms with Gasteiger partial charge < -0.3 is 15.2 Å². The fraction of sp³-hybridized carbons (Fsp3) is 1.00. The number of aliphatic hydroxyl groups is 1. The predicted molar refractivity (Wildman–Crippen MR) is 68.7 cm³/mol. The summed E-state index contributed by atoms with van der Waals surface area (Å²) in [5.41, 5.74) is -0.229. The molecular weight excluding hydrogens is 202 g/mol. The highest BCUT2D eigenvalue weighted by atomic mass is 16.5. The number of hydrogen-bond acceptors (Lipinski definition) is 3. The molecule has 0 saturated heterocycles. The molecule has 0 heterocycles. The molecule has 0 spiro atoms. The van der Waals surface area contributed by atoms with Crippen molar-refractivity contribution in [2.75, 3.05) is 20.3 Å². The van der Waals surface area contributed by atoms with Crippen LogP contribution in [0.5, 0.6) is 0 Å². The average molecular weight is 231 g/mol. The maximum absolute atomic E-state index is 9.28. The fourth-order valence-electron chi connectivity index (χ4n) is 1.84. The minimum Gasteiger partial charge on any atom is -0.394 e. The first-order valence-corrected chi connectivity index (χ1v) is 6.38. The second-order valence-electron chi connectivity index (χ2n) is 5.21. The molecular formula is C13H29NO2. The van der Waals surface area contributed by atoms with Crippen molar-refractivity contribution >= 4 is 0 Å².